The van der Waals surface area contributed by atoms with Gasteiger partial charge in [-0.05, 0) is 52.6 Å². The highest BCUT2D eigenvalue weighted by Crippen LogP contribution is 2.32. The number of rotatable bonds is 4. The molecule has 0 amide bonds. The van der Waals surface area contributed by atoms with Gasteiger partial charge in [0, 0.05) is 9.17 Å². The van der Waals surface area contributed by atoms with E-state index in [0.717, 1.165) is 15.6 Å². The lowest BCUT2D eigenvalue weighted by molar-refractivity contribution is 0.553. The van der Waals surface area contributed by atoms with E-state index in [0.29, 0.717) is 6.42 Å². The first kappa shape index (κ1) is 14.7. The molecule has 3 rings (SSSR count). The zero-order valence-electron chi connectivity index (χ0n) is 11.1. The smallest absolute Gasteiger partial charge is 0.124 e. The monoisotopic (exact) mass is 364 g/mol. The second-order valence-corrected chi connectivity index (χ2v) is 6.72. The van der Waals surface area contributed by atoms with Crippen molar-refractivity contribution < 1.29 is 4.39 Å². The number of nitrogens with one attached hydrogen (secondary N) is 1. The van der Waals surface area contributed by atoms with Crippen molar-refractivity contribution in [3.05, 3.63) is 69.3 Å². The highest BCUT2D eigenvalue weighted by atomic mass is 79.9. The third-order valence-electron chi connectivity index (χ3n) is 3.45. The Labute approximate surface area is 134 Å². The first-order valence-corrected chi connectivity index (χ1v) is 8.22. The van der Waals surface area contributed by atoms with Gasteiger partial charge in [0.25, 0.3) is 0 Å². The summed E-state index contributed by atoms with van der Waals surface area (Å²) in [5, 5.41) is 3.31. The van der Waals surface area contributed by atoms with Crippen molar-refractivity contribution >= 4 is 37.4 Å². The highest BCUT2D eigenvalue weighted by molar-refractivity contribution is 9.10. The Kier molecular flexibility index (Phi) is 4.35. The van der Waals surface area contributed by atoms with Crippen LogP contribution in [0, 0.1) is 5.82 Å². The van der Waals surface area contributed by atoms with Crippen LogP contribution in [0.15, 0.2) is 52.3 Å². The van der Waals surface area contributed by atoms with Gasteiger partial charge in [-0.2, -0.15) is 0 Å². The third kappa shape index (κ3) is 3.16. The van der Waals surface area contributed by atoms with Gasteiger partial charge in [-0.15, -0.1) is 11.3 Å². The molecule has 2 nitrogen and oxygen atoms in total. The minimum absolute atomic E-state index is 0.0464. The molecular weight excluding hydrogens is 351 g/mol. The van der Waals surface area contributed by atoms with E-state index in [9.17, 15) is 4.39 Å². The Hall–Kier alpha value is -1.27. The summed E-state index contributed by atoms with van der Waals surface area (Å²) in [5.41, 5.74) is 4.91. The van der Waals surface area contributed by atoms with Gasteiger partial charge in [-0.3, -0.25) is 11.3 Å². The standard InChI is InChI=1S/C16H14BrFN2S/c17-11-5-10(6-12(18)8-11)7-15(20-19)14-9-21-16-4-2-1-3-13(14)16/h1-6,8-9,15,20H,7,19H2. The topological polar surface area (TPSA) is 38.0 Å². The quantitative estimate of drug-likeness (QED) is 0.526. The minimum atomic E-state index is -0.245. The molecule has 0 saturated carbocycles. The largest absolute Gasteiger partial charge is 0.271 e. The van der Waals surface area contributed by atoms with Crippen LogP contribution in [-0.4, -0.2) is 0 Å². The van der Waals surface area contributed by atoms with Gasteiger partial charge in [-0.1, -0.05) is 34.1 Å². The summed E-state index contributed by atoms with van der Waals surface area (Å²) in [4.78, 5) is 0. The van der Waals surface area contributed by atoms with Crippen molar-refractivity contribution in [1.29, 1.82) is 0 Å². The molecule has 3 aromatic rings. The number of nitrogens with two attached hydrogens (primary N) is 1. The van der Waals surface area contributed by atoms with Gasteiger partial charge < -0.3 is 0 Å². The van der Waals surface area contributed by atoms with Gasteiger partial charge in [0.1, 0.15) is 5.82 Å². The summed E-state index contributed by atoms with van der Waals surface area (Å²) in [5.74, 6) is 5.48. The predicted molar refractivity (Wildman–Crippen MR) is 89.7 cm³/mol. The van der Waals surface area contributed by atoms with E-state index in [2.05, 4.69) is 38.9 Å². The molecule has 0 fully saturated rings. The Morgan fingerprint density at radius 2 is 2.05 bits per heavy atom. The molecule has 108 valence electrons. The zero-order valence-corrected chi connectivity index (χ0v) is 13.5. The number of halogens is 2. The number of hydrazine groups is 1. The Bertz CT molecular complexity index is 752. The molecule has 0 spiro atoms. The number of hydrogen-bond acceptors (Lipinski definition) is 3. The third-order valence-corrected chi connectivity index (χ3v) is 4.89. The average Bonchev–Trinajstić information content (AvgIpc) is 2.87. The summed E-state index contributed by atoms with van der Waals surface area (Å²) in [7, 11) is 0. The lowest BCUT2D eigenvalue weighted by atomic mass is 9.99. The Morgan fingerprint density at radius 1 is 1.24 bits per heavy atom. The van der Waals surface area contributed by atoms with Crippen LogP contribution in [0.3, 0.4) is 0 Å². The minimum Gasteiger partial charge on any atom is -0.271 e. The summed E-state index contributed by atoms with van der Waals surface area (Å²) >= 11 is 5.02. The normalized spacial score (nSPS) is 12.7. The lowest BCUT2D eigenvalue weighted by Crippen LogP contribution is -2.29. The molecule has 21 heavy (non-hydrogen) atoms. The van der Waals surface area contributed by atoms with Crippen LogP contribution < -0.4 is 11.3 Å². The number of fused-ring (bicyclic) bond motifs is 1. The molecule has 3 N–H and O–H groups in total. The zero-order chi connectivity index (χ0) is 14.8. The van der Waals surface area contributed by atoms with E-state index >= 15 is 0 Å². The fraction of sp³-hybridized carbons (Fsp3) is 0.125. The van der Waals surface area contributed by atoms with Crippen LogP contribution in [-0.2, 0) is 6.42 Å². The molecule has 1 heterocycles. The fourth-order valence-electron chi connectivity index (χ4n) is 2.49. The van der Waals surface area contributed by atoms with E-state index in [1.165, 1.54) is 16.2 Å². The summed E-state index contributed by atoms with van der Waals surface area (Å²) in [6.45, 7) is 0. The van der Waals surface area contributed by atoms with E-state index in [1.807, 2.05) is 18.2 Å². The molecule has 0 bridgehead atoms. The Balaban J connectivity index is 1.95. The molecule has 1 aromatic heterocycles. The number of thiophene rings is 1. The van der Waals surface area contributed by atoms with Gasteiger partial charge in [0.15, 0.2) is 0 Å². The first-order valence-electron chi connectivity index (χ1n) is 6.54. The molecule has 0 aliphatic rings. The molecule has 0 saturated heterocycles. The average molecular weight is 365 g/mol. The highest BCUT2D eigenvalue weighted by Gasteiger charge is 2.15. The molecule has 1 unspecified atom stereocenters. The van der Waals surface area contributed by atoms with Crippen molar-refractivity contribution in [1.82, 2.24) is 5.43 Å². The maximum atomic E-state index is 13.5. The van der Waals surface area contributed by atoms with Gasteiger partial charge in [0.2, 0.25) is 0 Å². The van der Waals surface area contributed by atoms with E-state index in [-0.39, 0.29) is 11.9 Å². The van der Waals surface area contributed by atoms with Crippen LogP contribution in [0.1, 0.15) is 17.2 Å². The van der Waals surface area contributed by atoms with Crippen LogP contribution in [0.5, 0.6) is 0 Å². The van der Waals surface area contributed by atoms with E-state index < -0.39 is 0 Å². The van der Waals surface area contributed by atoms with Gasteiger partial charge in [-0.25, -0.2) is 4.39 Å². The molecule has 0 radical (unpaired) electrons. The number of hydrogen-bond donors (Lipinski definition) is 2. The van der Waals surface area contributed by atoms with Crippen molar-refractivity contribution in [3.8, 4) is 0 Å². The van der Waals surface area contributed by atoms with E-state index in [1.54, 1.807) is 17.4 Å². The molecule has 2 aromatic carbocycles. The summed E-state index contributed by atoms with van der Waals surface area (Å²) < 4.78 is 15.5. The van der Waals surface area contributed by atoms with Crippen molar-refractivity contribution in [3.63, 3.8) is 0 Å². The molecule has 5 heteroatoms. The second-order valence-electron chi connectivity index (χ2n) is 4.89. The molecule has 1 atom stereocenters. The molecule has 0 aliphatic carbocycles. The van der Waals surface area contributed by atoms with Crippen molar-refractivity contribution in [2.24, 2.45) is 5.84 Å². The van der Waals surface area contributed by atoms with Crippen LogP contribution in [0.25, 0.3) is 10.1 Å². The number of benzene rings is 2. The van der Waals surface area contributed by atoms with Crippen LogP contribution in [0.4, 0.5) is 4.39 Å². The molecular formula is C16H14BrFN2S. The van der Waals surface area contributed by atoms with Crippen LogP contribution in [0.2, 0.25) is 0 Å². The van der Waals surface area contributed by atoms with Gasteiger partial charge in [0.05, 0.1) is 6.04 Å². The summed E-state index contributed by atoms with van der Waals surface area (Å²) in [6, 6.07) is 13.1. The lowest BCUT2D eigenvalue weighted by Gasteiger charge is -2.16. The SMILES string of the molecule is NNC(Cc1cc(F)cc(Br)c1)c1csc2ccccc12. The van der Waals surface area contributed by atoms with E-state index in [4.69, 9.17) is 5.84 Å². The second kappa shape index (κ2) is 6.23. The fourth-order valence-corrected chi connectivity index (χ4v) is 4.02. The van der Waals surface area contributed by atoms with Crippen molar-refractivity contribution in [2.45, 2.75) is 12.5 Å². The first-order chi connectivity index (χ1) is 10.2. The van der Waals surface area contributed by atoms with Crippen molar-refractivity contribution in [2.75, 3.05) is 0 Å². The maximum Gasteiger partial charge on any atom is 0.124 e. The predicted octanol–water partition coefficient (Wildman–Crippen LogP) is 4.55. The van der Waals surface area contributed by atoms with Gasteiger partial charge >= 0.3 is 0 Å². The maximum absolute atomic E-state index is 13.5. The summed E-state index contributed by atoms with van der Waals surface area (Å²) in [6.07, 6.45) is 0.633. The van der Waals surface area contributed by atoms with Crippen LogP contribution >= 0.6 is 27.3 Å². The molecule has 0 aliphatic heterocycles. The Morgan fingerprint density at radius 3 is 2.81 bits per heavy atom.